The number of rotatable bonds is 6. The van der Waals surface area contributed by atoms with E-state index in [-0.39, 0.29) is 22.8 Å². The molecule has 1 fully saturated rings. The summed E-state index contributed by atoms with van der Waals surface area (Å²) in [6.45, 7) is 2.11. The Kier molecular flexibility index (Phi) is 6.85. The lowest BCUT2D eigenvalue weighted by Crippen LogP contribution is -2.44. The molecule has 1 saturated heterocycles. The predicted molar refractivity (Wildman–Crippen MR) is 120 cm³/mol. The van der Waals surface area contributed by atoms with Crippen LogP contribution in [0.2, 0.25) is 5.02 Å². The standard InChI is InChI=1S/C25H24ClFN2O2/c26-23-8-4-5-19(24(23)27)17-29-15-13-20(14-16-29)28-25(30)18-9-11-22(12-10-18)31-21-6-2-1-3-7-21/h1-12,20H,13-17H2,(H,28,30). The molecule has 1 aliphatic rings. The molecule has 6 heteroatoms. The molecule has 160 valence electrons. The molecule has 0 radical (unpaired) electrons. The Morgan fingerprint density at radius 1 is 0.968 bits per heavy atom. The van der Waals surface area contributed by atoms with Crippen LogP contribution >= 0.6 is 11.6 Å². The first-order valence-corrected chi connectivity index (χ1v) is 10.8. The van der Waals surface area contributed by atoms with Gasteiger partial charge in [0.1, 0.15) is 17.3 Å². The predicted octanol–water partition coefficient (Wildman–Crippen LogP) is 5.67. The fraction of sp³-hybridized carbons (Fsp3) is 0.240. The normalized spacial score (nSPS) is 14.9. The smallest absolute Gasteiger partial charge is 0.251 e. The van der Waals surface area contributed by atoms with Crippen molar-refractivity contribution in [1.29, 1.82) is 0 Å². The van der Waals surface area contributed by atoms with Crippen LogP contribution in [0.15, 0.2) is 72.8 Å². The second-order valence-corrected chi connectivity index (χ2v) is 8.08. The minimum absolute atomic E-state index is 0.0920. The number of nitrogens with one attached hydrogen (secondary N) is 1. The number of hydrogen-bond acceptors (Lipinski definition) is 3. The summed E-state index contributed by atoms with van der Waals surface area (Å²) in [4.78, 5) is 14.8. The van der Waals surface area contributed by atoms with Gasteiger partial charge in [-0.3, -0.25) is 9.69 Å². The molecule has 0 atom stereocenters. The number of carbonyl (C=O) groups is 1. The third-order valence-corrected chi connectivity index (χ3v) is 5.74. The van der Waals surface area contributed by atoms with Crippen LogP contribution in [0.25, 0.3) is 0 Å². The highest BCUT2D eigenvalue weighted by Crippen LogP contribution is 2.23. The van der Waals surface area contributed by atoms with Gasteiger partial charge >= 0.3 is 0 Å². The van der Waals surface area contributed by atoms with E-state index in [1.165, 1.54) is 0 Å². The fourth-order valence-corrected chi connectivity index (χ4v) is 3.91. The van der Waals surface area contributed by atoms with Gasteiger partial charge in [0.2, 0.25) is 0 Å². The minimum Gasteiger partial charge on any atom is -0.457 e. The first-order valence-electron chi connectivity index (χ1n) is 10.4. The number of nitrogens with zero attached hydrogens (tertiary/aromatic N) is 1. The number of benzene rings is 3. The molecule has 4 nitrogen and oxygen atoms in total. The maximum Gasteiger partial charge on any atom is 0.251 e. The number of ether oxygens (including phenoxy) is 1. The van der Waals surface area contributed by atoms with E-state index in [1.54, 1.807) is 42.5 Å². The fourth-order valence-electron chi connectivity index (χ4n) is 3.71. The molecule has 1 aliphatic heterocycles. The van der Waals surface area contributed by atoms with Crippen molar-refractivity contribution in [3.63, 3.8) is 0 Å². The van der Waals surface area contributed by atoms with Crippen molar-refractivity contribution in [1.82, 2.24) is 10.2 Å². The van der Waals surface area contributed by atoms with Gasteiger partial charge < -0.3 is 10.1 Å². The zero-order chi connectivity index (χ0) is 21.6. The van der Waals surface area contributed by atoms with Crippen molar-refractivity contribution in [2.75, 3.05) is 13.1 Å². The molecule has 3 aromatic carbocycles. The van der Waals surface area contributed by atoms with Crippen LogP contribution in [0.5, 0.6) is 11.5 Å². The Bertz CT molecular complexity index is 1020. The number of para-hydroxylation sites is 1. The van der Waals surface area contributed by atoms with Gasteiger partial charge in [-0.1, -0.05) is 41.9 Å². The Morgan fingerprint density at radius 3 is 2.35 bits per heavy atom. The number of halogens is 2. The third kappa shape index (κ3) is 5.63. The maximum absolute atomic E-state index is 14.1. The first kappa shape index (κ1) is 21.3. The van der Waals surface area contributed by atoms with E-state index < -0.39 is 0 Å². The Hall–Kier alpha value is -2.89. The summed E-state index contributed by atoms with van der Waals surface area (Å²) in [7, 11) is 0. The number of carbonyl (C=O) groups excluding carboxylic acids is 1. The van der Waals surface area contributed by atoms with Gasteiger partial charge in [-0.25, -0.2) is 4.39 Å². The number of piperidine rings is 1. The molecule has 0 spiro atoms. The third-order valence-electron chi connectivity index (χ3n) is 5.44. The number of likely N-dealkylation sites (tertiary alicyclic amines) is 1. The van der Waals surface area contributed by atoms with Gasteiger partial charge in [-0.05, 0) is 55.3 Å². The van der Waals surface area contributed by atoms with E-state index in [2.05, 4.69) is 10.2 Å². The zero-order valence-electron chi connectivity index (χ0n) is 17.1. The highest BCUT2D eigenvalue weighted by molar-refractivity contribution is 6.30. The van der Waals surface area contributed by atoms with Gasteiger partial charge in [-0.2, -0.15) is 0 Å². The summed E-state index contributed by atoms with van der Waals surface area (Å²) >= 11 is 5.87. The first-order chi connectivity index (χ1) is 15.1. The summed E-state index contributed by atoms with van der Waals surface area (Å²) in [5, 5.41) is 3.26. The molecular formula is C25H24ClFN2O2. The Morgan fingerprint density at radius 2 is 1.65 bits per heavy atom. The van der Waals surface area contributed by atoms with Gasteiger partial charge in [0.05, 0.1) is 5.02 Å². The van der Waals surface area contributed by atoms with Crippen molar-refractivity contribution < 1.29 is 13.9 Å². The molecule has 1 heterocycles. The SMILES string of the molecule is O=C(NC1CCN(Cc2cccc(Cl)c2F)CC1)c1ccc(Oc2ccccc2)cc1. The number of hydrogen-bond donors (Lipinski definition) is 1. The van der Waals surface area contributed by atoms with E-state index in [9.17, 15) is 9.18 Å². The number of amides is 1. The van der Waals surface area contributed by atoms with Crippen LogP contribution in [-0.4, -0.2) is 29.9 Å². The van der Waals surface area contributed by atoms with Gasteiger partial charge in [0.15, 0.2) is 0 Å². The highest BCUT2D eigenvalue weighted by atomic mass is 35.5. The summed E-state index contributed by atoms with van der Waals surface area (Å²) < 4.78 is 19.9. The lowest BCUT2D eigenvalue weighted by atomic mass is 10.0. The second-order valence-electron chi connectivity index (χ2n) is 7.68. The van der Waals surface area contributed by atoms with Crippen LogP contribution in [0.1, 0.15) is 28.8 Å². The van der Waals surface area contributed by atoms with Gasteiger partial charge in [0, 0.05) is 36.8 Å². The van der Waals surface area contributed by atoms with Crippen LogP contribution in [-0.2, 0) is 6.54 Å². The molecule has 0 aromatic heterocycles. The molecule has 3 aromatic rings. The van der Waals surface area contributed by atoms with E-state index >= 15 is 0 Å². The van der Waals surface area contributed by atoms with Crippen molar-refractivity contribution in [2.24, 2.45) is 0 Å². The van der Waals surface area contributed by atoms with E-state index in [0.29, 0.717) is 23.4 Å². The van der Waals surface area contributed by atoms with E-state index in [1.807, 2.05) is 30.3 Å². The summed E-state index contributed by atoms with van der Waals surface area (Å²) in [6, 6.07) is 21.8. The second kappa shape index (κ2) is 9.94. The largest absolute Gasteiger partial charge is 0.457 e. The molecule has 1 amide bonds. The lowest BCUT2D eigenvalue weighted by molar-refractivity contribution is 0.0908. The van der Waals surface area contributed by atoms with E-state index in [0.717, 1.165) is 31.7 Å². The summed E-state index contributed by atoms with van der Waals surface area (Å²) in [6.07, 6.45) is 1.65. The van der Waals surface area contributed by atoms with Crippen molar-refractivity contribution in [2.45, 2.75) is 25.4 Å². The molecule has 0 aliphatic carbocycles. The molecule has 31 heavy (non-hydrogen) atoms. The minimum atomic E-state index is -0.348. The average molecular weight is 439 g/mol. The molecule has 1 N–H and O–H groups in total. The Balaban J connectivity index is 1.26. The summed E-state index contributed by atoms with van der Waals surface area (Å²) in [5.41, 5.74) is 1.21. The quantitative estimate of drug-likeness (QED) is 0.539. The molecule has 0 bridgehead atoms. The van der Waals surface area contributed by atoms with E-state index in [4.69, 9.17) is 16.3 Å². The molecule has 0 unspecified atom stereocenters. The van der Waals surface area contributed by atoms with Crippen molar-refractivity contribution in [3.8, 4) is 11.5 Å². The van der Waals surface area contributed by atoms with Crippen LogP contribution in [0.4, 0.5) is 4.39 Å². The van der Waals surface area contributed by atoms with Gasteiger partial charge in [-0.15, -0.1) is 0 Å². The highest BCUT2D eigenvalue weighted by Gasteiger charge is 2.22. The zero-order valence-corrected chi connectivity index (χ0v) is 17.8. The lowest BCUT2D eigenvalue weighted by Gasteiger charge is -2.32. The monoisotopic (exact) mass is 438 g/mol. The Labute approximate surface area is 186 Å². The van der Waals surface area contributed by atoms with Crippen LogP contribution < -0.4 is 10.1 Å². The molecule has 4 rings (SSSR count). The average Bonchev–Trinajstić information content (AvgIpc) is 2.79. The topological polar surface area (TPSA) is 41.6 Å². The van der Waals surface area contributed by atoms with Gasteiger partial charge in [0.25, 0.3) is 5.91 Å². The molecule has 0 saturated carbocycles. The maximum atomic E-state index is 14.1. The molecular weight excluding hydrogens is 415 g/mol. The van der Waals surface area contributed by atoms with Crippen LogP contribution in [0, 0.1) is 5.82 Å². The van der Waals surface area contributed by atoms with Crippen molar-refractivity contribution in [3.05, 3.63) is 94.8 Å². The summed E-state index contributed by atoms with van der Waals surface area (Å²) in [5.74, 6) is 0.998. The van der Waals surface area contributed by atoms with Crippen LogP contribution in [0.3, 0.4) is 0 Å². The van der Waals surface area contributed by atoms with Crippen molar-refractivity contribution >= 4 is 17.5 Å².